The van der Waals surface area contributed by atoms with Crippen molar-refractivity contribution in [1.29, 1.82) is 0 Å². The fourth-order valence-electron chi connectivity index (χ4n) is 3.00. The van der Waals surface area contributed by atoms with Gasteiger partial charge in [-0.25, -0.2) is 0 Å². The van der Waals surface area contributed by atoms with Crippen LogP contribution < -0.4 is 10.5 Å². The Labute approximate surface area is 160 Å². The Kier molecular flexibility index (Phi) is 8.16. The minimum absolute atomic E-state index is 0. The van der Waals surface area contributed by atoms with Crippen LogP contribution >= 0.6 is 24.8 Å². The molecular weight excluding hydrogens is 361 g/mol. The molecule has 2 aromatic rings. The standard InChI is InChI=1S/C18H21N3O2.2ClH/c1-13-9-14(11-19)12-21(13)18(22)15-3-2-4-17(10-15)23-16-5-7-20-8-6-16;;/h2-8,10,13-14H,9,11-12,19H2,1H3;2*1H. The van der Waals surface area contributed by atoms with Crippen LogP contribution in [0.15, 0.2) is 48.8 Å². The predicted octanol–water partition coefficient (Wildman–Crippen LogP) is 3.53. The van der Waals surface area contributed by atoms with Crippen molar-refractivity contribution in [2.45, 2.75) is 19.4 Å². The third-order valence-corrected chi connectivity index (χ3v) is 4.22. The zero-order valence-electron chi connectivity index (χ0n) is 14.0. The summed E-state index contributed by atoms with van der Waals surface area (Å²) in [5.41, 5.74) is 6.38. The topological polar surface area (TPSA) is 68.5 Å². The molecule has 1 aliphatic heterocycles. The van der Waals surface area contributed by atoms with Crippen LogP contribution in [0, 0.1) is 5.92 Å². The molecule has 0 saturated carbocycles. The number of rotatable bonds is 4. The van der Waals surface area contributed by atoms with E-state index in [0.29, 0.717) is 29.5 Å². The highest BCUT2D eigenvalue weighted by molar-refractivity contribution is 5.95. The molecule has 1 aromatic carbocycles. The van der Waals surface area contributed by atoms with E-state index in [0.717, 1.165) is 13.0 Å². The summed E-state index contributed by atoms with van der Waals surface area (Å²) in [6.07, 6.45) is 4.31. The van der Waals surface area contributed by atoms with E-state index in [1.165, 1.54) is 0 Å². The number of nitrogens with two attached hydrogens (primary N) is 1. The lowest BCUT2D eigenvalue weighted by atomic mass is 10.1. The average Bonchev–Trinajstić information content (AvgIpc) is 2.96. The van der Waals surface area contributed by atoms with Crippen LogP contribution in [0.5, 0.6) is 11.5 Å². The minimum atomic E-state index is 0. The van der Waals surface area contributed by atoms with Gasteiger partial charge in [0.15, 0.2) is 0 Å². The second kappa shape index (κ2) is 9.61. The number of likely N-dealkylation sites (tertiary alicyclic amines) is 1. The fraction of sp³-hybridized carbons (Fsp3) is 0.333. The Morgan fingerprint density at radius 1 is 1.24 bits per heavy atom. The van der Waals surface area contributed by atoms with Crippen molar-refractivity contribution in [1.82, 2.24) is 9.88 Å². The van der Waals surface area contributed by atoms with Gasteiger partial charge >= 0.3 is 0 Å². The van der Waals surface area contributed by atoms with Gasteiger partial charge in [0.1, 0.15) is 11.5 Å². The first kappa shape index (κ1) is 21.2. The number of carbonyl (C=O) groups is 1. The van der Waals surface area contributed by atoms with Crippen molar-refractivity contribution in [3.8, 4) is 11.5 Å². The molecule has 1 saturated heterocycles. The normalized spacial score (nSPS) is 18.9. The van der Waals surface area contributed by atoms with Crippen molar-refractivity contribution >= 4 is 30.7 Å². The number of hydrogen-bond donors (Lipinski definition) is 1. The monoisotopic (exact) mass is 383 g/mol. The van der Waals surface area contributed by atoms with Gasteiger partial charge in [-0.1, -0.05) is 6.07 Å². The van der Waals surface area contributed by atoms with Gasteiger partial charge in [0.05, 0.1) is 0 Å². The van der Waals surface area contributed by atoms with Gasteiger partial charge in [0, 0.05) is 30.5 Å². The van der Waals surface area contributed by atoms with Crippen molar-refractivity contribution in [2.24, 2.45) is 11.7 Å². The van der Waals surface area contributed by atoms with E-state index in [1.807, 2.05) is 23.1 Å². The fourth-order valence-corrected chi connectivity index (χ4v) is 3.00. The number of halogens is 2. The molecule has 1 fully saturated rings. The van der Waals surface area contributed by atoms with Crippen LogP contribution in [0.25, 0.3) is 0 Å². The van der Waals surface area contributed by atoms with Gasteiger partial charge in [-0.2, -0.15) is 0 Å². The molecule has 0 aliphatic carbocycles. The van der Waals surface area contributed by atoms with Crippen molar-refractivity contribution in [3.05, 3.63) is 54.4 Å². The number of benzene rings is 1. The lowest BCUT2D eigenvalue weighted by Crippen LogP contribution is -2.34. The predicted molar refractivity (Wildman–Crippen MR) is 103 cm³/mol. The Hall–Kier alpha value is -1.82. The Bertz CT molecular complexity index is 685. The smallest absolute Gasteiger partial charge is 0.254 e. The third-order valence-electron chi connectivity index (χ3n) is 4.22. The Morgan fingerprint density at radius 2 is 1.96 bits per heavy atom. The number of amides is 1. The maximum absolute atomic E-state index is 12.7. The molecule has 2 N–H and O–H groups in total. The van der Waals surface area contributed by atoms with Gasteiger partial charge in [-0.05, 0) is 56.1 Å². The average molecular weight is 384 g/mol. The van der Waals surface area contributed by atoms with Crippen molar-refractivity contribution in [2.75, 3.05) is 13.1 Å². The number of nitrogens with zero attached hydrogens (tertiary/aromatic N) is 2. The maximum atomic E-state index is 12.7. The molecule has 1 aliphatic rings. The molecule has 3 rings (SSSR count). The SMILES string of the molecule is CC1CC(CN)CN1C(=O)c1cccc(Oc2ccncc2)c1.Cl.Cl. The molecule has 136 valence electrons. The molecule has 1 aromatic heterocycles. The van der Waals surface area contributed by atoms with E-state index in [-0.39, 0.29) is 36.8 Å². The van der Waals surface area contributed by atoms with Crippen LogP contribution in [-0.4, -0.2) is 34.9 Å². The second-order valence-corrected chi connectivity index (χ2v) is 5.96. The highest BCUT2D eigenvalue weighted by Crippen LogP contribution is 2.26. The van der Waals surface area contributed by atoms with E-state index in [2.05, 4.69) is 11.9 Å². The van der Waals surface area contributed by atoms with E-state index >= 15 is 0 Å². The Morgan fingerprint density at radius 3 is 2.60 bits per heavy atom. The number of ether oxygens (including phenoxy) is 1. The van der Waals surface area contributed by atoms with Gasteiger partial charge < -0.3 is 15.4 Å². The summed E-state index contributed by atoms with van der Waals surface area (Å²) in [5.74, 6) is 1.77. The Balaban J connectivity index is 0.00000156. The van der Waals surface area contributed by atoms with Crippen molar-refractivity contribution < 1.29 is 9.53 Å². The highest BCUT2D eigenvalue weighted by Gasteiger charge is 2.32. The van der Waals surface area contributed by atoms with Gasteiger partial charge in [0.25, 0.3) is 5.91 Å². The first-order chi connectivity index (χ1) is 11.2. The molecule has 0 spiro atoms. The molecule has 0 bridgehead atoms. The largest absolute Gasteiger partial charge is 0.457 e. The summed E-state index contributed by atoms with van der Waals surface area (Å²) in [5, 5.41) is 0. The summed E-state index contributed by atoms with van der Waals surface area (Å²) >= 11 is 0. The lowest BCUT2D eigenvalue weighted by Gasteiger charge is -2.21. The number of carbonyl (C=O) groups excluding carboxylic acids is 1. The van der Waals surface area contributed by atoms with Crippen LogP contribution in [0.1, 0.15) is 23.7 Å². The molecule has 2 unspecified atom stereocenters. The highest BCUT2D eigenvalue weighted by atomic mass is 35.5. The van der Waals surface area contributed by atoms with Crippen LogP contribution in [-0.2, 0) is 0 Å². The first-order valence-electron chi connectivity index (χ1n) is 7.86. The lowest BCUT2D eigenvalue weighted by molar-refractivity contribution is 0.0743. The summed E-state index contributed by atoms with van der Waals surface area (Å²) < 4.78 is 5.77. The first-order valence-corrected chi connectivity index (χ1v) is 7.86. The molecular formula is C18H23Cl2N3O2. The molecule has 0 radical (unpaired) electrons. The van der Waals surface area contributed by atoms with Crippen molar-refractivity contribution in [3.63, 3.8) is 0 Å². The quantitative estimate of drug-likeness (QED) is 0.876. The van der Waals surface area contributed by atoms with E-state index in [1.54, 1.807) is 30.6 Å². The van der Waals surface area contributed by atoms with E-state index in [9.17, 15) is 4.79 Å². The molecule has 2 heterocycles. The molecule has 1 amide bonds. The summed E-state index contributed by atoms with van der Waals surface area (Å²) in [7, 11) is 0. The number of aromatic nitrogens is 1. The zero-order chi connectivity index (χ0) is 16.2. The summed E-state index contributed by atoms with van der Waals surface area (Å²) in [6, 6.07) is 11.1. The number of hydrogen-bond acceptors (Lipinski definition) is 4. The number of pyridine rings is 1. The van der Waals surface area contributed by atoms with Gasteiger partial charge in [-0.3, -0.25) is 9.78 Å². The van der Waals surface area contributed by atoms with Crippen LogP contribution in [0.3, 0.4) is 0 Å². The maximum Gasteiger partial charge on any atom is 0.254 e. The minimum Gasteiger partial charge on any atom is -0.457 e. The second-order valence-electron chi connectivity index (χ2n) is 5.96. The van der Waals surface area contributed by atoms with Crippen LogP contribution in [0.2, 0.25) is 0 Å². The van der Waals surface area contributed by atoms with Crippen LogP contribution in [0.4, 0.5) is 0 Å². The molecule has 7 heteroatoms. The van der Waals surface area contributed by atoms with E-state index < -0.39 is 0 Å². The molecule has 5 nitrogen and oxygen atoms in total. The van der Waals surface area contributed by atoms with Gasteiger partial charge in [0.2, 0.25) is 0 Å². The molecule has 2 atom stereocenters. The van der Waals surface area contributed by atoms with Gasteiger partial charge in [-0.15, -0.1) is 24.8 Å². The summed E-state index contributed by atoms with van der Waals surface area (Å²) in [6.45, 7) is 3.43. The molecule has 25 heavy (non-hydrogen) atoms. The zero-order valence-corrected chi connectivity index (χ0v) is 15.6. The summed E-state index contributed by atoms with van der Waals surface area (Å²) in [4.78, 5) is 18.6. The third kappa shape index (κ3) is 5.08. The van der Waals surface area contributed by atoms with E-state index in [4.69, 9.17) is 10.5 Å².